The first-order valence-corrected chi connectivity index (χ1v) is 7.11. The summed E-state index contributed by atoms with van der Waals surface area (Å²) in [6.45, 7) is 0.300. The van der Waals surface area contributed by atoms with E-state index in [1.54, 1.807) is 17.8 Å². The van der Waals surface area contributed by atoms with Gasteiger partial charge in [0.15, 0.2) is 0 Å². The molecule has 1 aromatic carbocycles. The lowest BCUT2D eigenvalue weighted by Gasteiger charge is -2.09. The number of methoxy groups -OCH3 is 1. The number of amides is 1. The summed E-state index contributed by atoms with van der Waals surface area (Å²) in [7, 11) is 1.53. The molecule has 19 heavy (non-hydrogen) atoms. The Labute approximate surface area is 116 Å². The van der Waals surface area contributed by atoms with Gasteiger partial charge in [0, 0.05) is 25.0 Å². The zero-order valence-corrected chi connectivity index (χ0v) is 11.8. The summed E-state index contributed by atoms with van der Waals surface area (Å²) in [5.41, 5.74) is 1.33. The summed E-state index contributed by atoms with van der Waals surface area (Å²) in [6.07, 6.45) is 2.33. The van der Waals surface area contributed by atoms with Crippen LogP contribution in [0.2, 0.25) is 0 Å². The second-order valence-electron chi connectivity index (χ2n) is 3.95. The van der Waals surface area contributed by atoms with Gasteiger partial charge in [0.1, 0.15) is 0 Å². The van der Waals surface area contributed by atoms with Crippen molar-refractivity contribution in [3.63, 3.8) is 0 Å². The number of ether oxygens (including phenoxy) is 1. The molecule has 0 aliphatic heterocycles. The van der Waals surface area contributed by atoms with Crippen LogP contribution in [0.5, 0.6) is 0 Å². The monoisotopic (exact) mass is 283 g/mol. The molecule has 0 aliphatic rings. The van der Waals surface area contributed by atoms with Crippen molar-refractivity contribution in [2.24, 2.45) is 0 Å². The van der Waals surface area contributed by atoms with Crippen LogP contribution >= 0.6 is 11.8 Å². The van der Waals surface area contributed by atoms with Crippen molar-refractivity contribution in [1.29, 1.82) is 0 Å². The van der Waals surface area contributed by atoms with E-state index in [0.717, 1.165) is 5.75 Å². The van der Waals surface area contributed by atoms with Gasteiger partial charge in [-0.15, -0.1) is 0 Å². The number of carboxylic acid groups (broad SMARTS) is 1. The van der Waals surface area contributed by atoms with Crippen LogP contribution in [-0.4, -0.2) is 36.1 Å². The minimum Gasteiger partial charge on any atom is -0.478 e. The average Bonchev–Trinajstić information content (AvgIpc) is 2.36. The van der Waals surface area contributed by atoms with Crippen LogP contribution in [0.15, 0.2) is 18.2 Å². The van der Waals surface area contributed by atoms with Crippen LogP contribution in [0.1, 0.15) is 22.3 Å². The number of carbonyl (C=O) groups is 2. The van der Waals surface area contributed by atoms with Crippen molar-refractivity contribution >= 4 is 29.3 Å². The van der Waals surface area contributed by atoms with Crippen molar-refractivity contribution in [3.05, 3.63) is 29.3 Å². The number of carboxylic acids is 1. The molecule has 1 amide bonds. The van der Waals surface area contributed by atoms with Gasteiger partial charge in [-0.1, -0.05) is 0 Å². The lowest BCUT2D eigenvalue weighted by Crippen LogP contribution is -2.13. The second kappa shape index (κ2) is 7.81. The van der Waals surface area contributed by atoms with E-state index in [0.29, 0.717) is 24.3 Å². The molecule has 2 N–H and O–H groups in total. The van der Waals surface area contributed by atoms with Gasteiger partial charge in [-0.25, -0.2) is 4.79 Å². The lowest BCUT2D eigenvalue weighted by atomic mass is 10.1. The maximum Gasteiger partial charge on any atom is 0.335 e. The van der Waals surface area contributed by atoms with Crippen molar-refractivity contribution in [1.82, 2.24) is 0 Å². The van der Waals surface area contributed by atoms with Crippen LogP contribution in [0.4, 0.5) is 5.69 Å². The van der Waals surface area contributed by atoms with E-state index >= 15 is 0 Å². The van der Waals surface area contributed by atoms with E-state index < -0.39 is 5.97 Å². The molecule has 0 bridgehead atoms. The number of nitrogens with one attached hydrogen (secondary N) is 1. The highest BCUT2D eigenvalue weighted by molar-refractivity contribution is 7.98. The summed E-state index contributed by atoms with van der Waals surface area (Å²) in [5.74, 6) is -0.423. The van der Waals surface area contributed by atoms with Gasteiger partial charge in [-0.05, 0) is 30.0 Å². The third kappa shape index (κ3) is 5.32. The second-order valence-corrected chi connectivity index (χ2v) is 4.93. The van der Waals surface area contributed by atoms with E-state index in [2.05, 4.69) is 5.32 Å². The molecule has 5 nitrogen and oxygen atoms in total. The van der Waals surface area contributed by atoms with Gasteiger partial charge in [-0.2, -0.15) is 11.8 Å². The Morgan fingerprint density at radius 1 is 1.37 bits per heavy atom. The molecule has 0 radical (unpaired) electrons. The minimum absolute atomic E-state index is 0.125. The molecule has 104 valence electrons. The van der Waals surface area contributed by atoms with E-state index in [-0.39, 0.29) is 11.5 Å². The molecular weight excluding hydrogens is 266 g/mol. The fourth-order valence-electron chi connectivity index (χ4n) is 1.56. The Kier molecular flexibility index (Phi) is 6.38. The standard InChI is InChI=1S/C13H17NO4S/c1-18-8-9-5-10(13(16)17)7-11(6-9)14-12(15)3-4-19-2/h5-7H,3-4,8H2,1-2H3,(H,14,15)(H,16,17). The summed E-state index contributed by atoms with van der Waals surface area (Å²) in [4.78, 5) is 22.6. The maximum atomic E-state index is 11.6. The van der Waals surface area contributed by atoms with Crippen LogP contribution in [0.25, 0.3) is 0 Å². The number of rotatable bonds is 7. The Bertz CT molecular complexity index is 462. The highest BCUT2D eigenvalue weighted by Gasteiger charge is 2.09. The molecule has 0 aromatic heterocycles. The smallest absolute Gasteiger partial charge is 0.335 e. The highest BCUT2D eigenvalue weighted by Crippen LogP contribution is 2.16. The number of aromatic carboxylic acids is 1. The molecule has 0 heterocycles. The van der Waals surface area contributed by atoms with Crippen molar-refractivity contribution < 1.29 is 19.4 Å². The molecule has 0 atom stereocenters. The fourth-order valence-corrected chi connectivity index (χ4v) is 1.95. The molecule has 0 unspecified atom stereocenters. The third-order valence-electron chi connectivity index (χ3n) is 2.37. The molecule has 0 saturated heterocycles. The van der Waals surface area contributed by atoms with Gasteiger partial charge in [0.05, 0.1) is 12.2 Å². The largest absolute Gasteiger partial charge is 0.478 e. The molecule has 0 fully saturated rings. The molecule has 1 rings (SSSR count). The van der Waals surface area contributed by atoms with Crippen molar-refractivity contribution in [3.8, 4) is 0 Å². The van der Waals surface area contributed by atoms with Crippen LogP contribution < -0.4 is 5.32 Å². The normalized spacial score (nSPS) is 10.2. The van der Waals surface area contributed by atoms with Gasteiger partial charge in [0.2, 0.25) is 5.91 Å². The third-order valence-corrected chi connectivity index (χ3v) is 2.98. The number of carbonyl (C=O) groups excluding carboxylic acids is 1. The summed E-state index contributed by atoms with van der Waals surface area (Å²) in [6, 6.07) is 4.69. The first-order valence-electron chi connectivity index (χ1n) is 5.71. The fraction of sp³-hybridized carbons (Fsp3) is 0.385. The van der Waals surface area contributed by atoms with Crippen molar-refractivity contribution in [2.45, 2.75) is 13.0 Å². The van der Waals surface area contributed by atoms with E-state index in [4.69, 9.17) is 9.84 Å². The predicted octanol–water partition coefficient (Wildman–Crippen LogP) is 2.22. The molecule has 1 aromatic rings. The van der Waals surface area contributed by atoms with E-state index in [1.165, 1.54) is 19.2 Å². The Hall–Kier alpha value is -1.53. The molecule has 0 saturated carbocycles. The Morgan fingerprint density at radius 2 is 2.11 bits per heavy atom. The number of anilines is 1. The molecular formula is C13H17NO4S. The van der Waals surface area contributed by atoms with Gasteiger partial charge in [-0.3, -0.25) is 4.79 Å². The quantitative estimate of drug-likeness (QED) is 0.802. The zero-order valence-electron chi connectivity index (χ0n) is 10.9. The van der Waals surface area contributed by atoms with Crippen LogP contribution in [0.3, 0.4) is 0 Å². The number of thioether (sulfide) groups is 1. The minimum atomic E-state index is -1.03. The highest BCUT2D eigenvalue weighted by atomic mass is 32.2. The first kappa shape index (κ1) is 15.5. The molecule has 0 spiro atoms. The summed E-state index contributed by atoms with van der Waals surface area (Å²) in [5, 5.41) is 11.7. The van der Waals surface area contributed by atoms with Gasteiger partial charge >= 0.3 is 5.97 Å². The Morgan fingerprint density at radius 3 is 2.68 bits per heavy atom. The topological polar surface area (TPSA) is 75.6 Å². The lowest BCUT2D eigenvalue weighted by molar-refractivity contribution is -0.115. The predicted molar refractivity (Wildman–Crippen MR) is 75.7 cm³/mol. The zero-order chi connectivity index (χ0) is 14.3. The first-order chi connectivity index (χ1) is 9.06. The van der Waals surface area contributed by atoms with E-state index in [9.17, 15) is 9.59 Å². The van der Waals surface area contributed by atoms with Crippen LogP contribution in [0, 0.1) is 0 Å². The van der Waals surface area contributed by atoms with Crippen LogP contribution in [-0.2, 0) is 16.1 Å². The van der Waals surface area contributed by atoms with Gasteiger partial charge < -0.3 is 15.2 Å². The van der Waals surface area contributed by atoms with Crippen molar-refractivity contribution in [2.75, 3.05) is 24.4 Å². The SMILES string of the molecule is COCc1cc(NC(=O)CCSC)cc(C(=O)O)c1. The molecule has 6 heteroatoms. The maximum absolute atomic E-state index is 11.6. The average molecular weight is 283 g/mol. The number of benzene rings is 1. The van der Waals surface area contributed by atoms with Gasteiger partial charge in [0.25, 0.3) is 0 Å². The number of hydrogen-bond donors (Lipinski definition) is 2. The summed E-state index contributed by atoms with van der Waals surface area (Å²) >= 11 is 1.58. The summed E-state index contributed by atoms with van der Waals surface area (Å²) < 4.78 is 4.98. The number of hydrogen-bond acceptors (Lipinski definition) is 4. The molecule has 0 aliphatic carbocycles. The van der Waals surface area contributed by atoms with E-state index in [1.807, 2.05) is 6.26 Å². The Balaban J connectivity index is 2.86.